The summed E-state index contributed by atoms with van der Waals surface area (Å²) < 4.78 is 16.1. The van der Waals surface area contributed by atoms with E-state index in [1.165, 1.54) is 11.8 Å². The van der Waals surface area contributed by atoms with Gasteiger partial charge < -0.3 is 14.2 Å². The molecule has 7 nitrogen and oxygen atoms in total. The van der Waals surface area contributed by atoms with Crippen LogP contribution in [0.5, 0.6) is 0 Å². The van der Waals surface area contributed by atoms with Gasteiger partial charge >= 0.3 is 5.97 Å². The van der Waals surface area contributed by atoms with Crippen LogP contribution in [0.2, 0.25) is 0 Å². The van der Waals surface area contributed by atoms with Gasteiger partial charge in [0.15, 0.2) is 5.84 Å². The van der Waals surface area contributed by atoms with Crippen LogP contribution in [-0.4, -0.2) is 60.6 Å². The van der Waals surface area contributed by atoms with Gasteiger partial charge in [0.2, 0.25) is 0 Å². The Morgan fingerprint density at radius 3 is 2.77 bits per heavy atom. The highest BCUT2D eigenvalue weighted by molar-refractivity contribution is 8.15. The third kappa shape index (κ3) is 6.09. The van der Waals surface area contributed by atoms with Crippen LogP contribution in [0.25, 0.3) is 0 Å². The number of carbonyl (C=O) groups is 1. The van der Waals surface area contributed by atoms with E-state index in [1.54, 1.807) is 26.2 Å². The van der Waals surface area contributed by atoms with Gasteiger partial charge in [-0.05, 0) is 44.1 Å². The van der Waals surface area contributed by atoms with Gasteiger partial charge in [0, 0.05) is 20.1 Å². The van der Waals surface area contributed by atoms with Crippen molar-refractivity contribution in [3.05, 3.63) is 47.9 Å². The summed E-state index contributed by atoms with van der Waals surface area (Å²) in [5, 5.41) is 6.78. The molecule has 8 heteroatoms. The fourth-order valence-electron chi connectivity index (χ4n) is 2.91. The highest BCUT2D eigenvalue weighted by Gasteiger charge is 2.28. The van der Waals surface area contributed by atoms with Crippen LogP contribution in [0.4, 0.5) is 0 Å². The Balaban J connectivity index is 2.32. The number of amidine groups is 1. The Kier molecular flexibility index (Phi) is 9.39. The van der Waals surface area contributed by atoms with E-state index in [9.17, 15) is 4.79 Å². The molecule has 0 saturated heterocycles. The van der Waals surface area contributed by atoms with Crippen molar-refractivity contribution in [3.8, 4) is 0 Å². The van der Waals surface area contributed by atoms with E-state index in [0.717, 1.165) is 23.6 Å². The van der Waals surface area contributed by atoms with Crippen LogP contribution in [0.1, 0.15) is 33.6 Å². The van der Waals surface area contributed by atoms with Gasteiger partial charge in [0.05, 0.1) is 19.4 Å². The van der Waals surface area contributed by atoms with Gasteiger partial charge in [-0.3, -0.25) is 9.79 Å². The average Bonchev–Trinajstić information content (AvgIpc) is 2.75. The molecule has 2 aliphatic rings. The lowest BCUT2D eigenvalue weighted by Crippen LogP contribution is -2.32. The van der Waals surface area contributed by atoms with Crippen molar-refractivity contribution in [3.63, 3.8) is 0 Å². The lowest BCUT2D eigenvalue weighted by Gasteiger charge is -2.29. The third-order valence-electron chi connectivity index (χ3n) is 4.47. The lowest BCUT2D eigenvalue weighted by molar-refractivity contribution is -0.142. The van der Waals surface area contributed by atoms with Gasteiger partial charge in [0.1, 0.15) is 22.2 Å². The zero-order valence-corrected chi connectivity index (χ0v) is 19.2. The third-order valence-corrected chi connectivity index (χ3v) is 5.47. The van der Waals surface area contributed by atoms with Crippen molar-refractivity contribution in [2.45, 2.75) is 45.0 Å². The second kappa shape index (κ2) is 11.8. The fraction of sp³-hybridized carbons (Fsp3) is 0.500. The van der Waals surface area contributed by atoms with E-state index in [-0.39, 0.29) is 17.3 Å². The summed E-state index contributed by atoms with van der Waals surface area (Å²) >= 11 is 1.35. The van der Waals surface area contributed by atoms with Crippen molar-refractivity contribution in [2.24, 2.45) is 10.1 Å². The first-order chi connectivity index (χ1) is 14.4. The molecule has 1 heterocycles. The Morgan fingerprint density at radius 2 is 2.13 bits per heavy atom. The number of carbonyl (C=O) groups excluding carboxylic acids is 1. The normalized spacial score (nSPS) is 20.4. The molecule has 164 valence electrons. The highest BCUT2D eigenvalue weighted by atomic mass is 32.2. The van der Waals surface area contributed by atoms with Crippen molar-refractivity contribution in [2.75, 3.05) is 27.4 Å². The largest absolute Gasteiger partial charge is 0.498 e. The Bertz CT molecular complexity index is 798. The predicted octanol–water partition coefficient (Wildman–Crippen LogP) is 4.05. The maximum atomic E-state index is 12.0. The van der Waals surface area contributed by atoms with E-state index in [0.29, 0.717) is 30.3 Å². The number of hydrazone groups is 1. The van der Waals surface area contributed by atoms with E-state index < -0.39 is 0 Å². The number of esters is 1. The maximum absolute atomic E-state index is 12.0. The minimum Gasteiger partial charge on any atom is -0.498 e. The van der Waals surface area contributed by atoms with Gasteiger partial charge in [0.25, 0.3) is 0 Å². The van der Waals surface area contributed by atoms with Gasteiger partial charge in [-0.2, -0.15) is 5.10 Å². The summed E-state index contributed by atoms with van der Waals surface area (Å²) in [7, 11) is 3.30. The summed E-state index contributed by atoms with van der Waals surface area (Å²) in [6.07, 6.45) is 8.96. The second-order valence-corrected chi connectivity index (χ2v) is 8.05. The first-order valence-corrected chi connectivity index (χ1v) is 10.9. The molecule has 0 N–H and O–H groups in total. The second-order valence-electron chi connectivity index (χ2n) is 6.69. The quantitative estimate of drug-likeness (QED) is 0.327. The average molecular weight is 434 g/mol. The first kappa shape index (κ1) is 24.0. The molecule has 0 saturated carbocycles. The number of aliphatic imine (C=N–C) groups is 1. The zero-order chi connectivity index (χ0) is 22.1. The standard InChI is InChI=1S/C22H31N3O4S/c1-7-13-23-21(17-10-11-18(27-5)19(14-17)28-6)25-15(3)9-12-20(24-25)30-16(4)22(26)29-8-2/h9-12,16,19H,3,7-8,13-14H2,1-2,4-6H3. The number of nitrogens with zero attached hydrogens (tertiary/aromatic N) is 3. The Morgan fingerprint density at radius 1 is 1.37 bits per heavy atom. The molecule has 2 unspecified atom stereocenters. The van der Waals surface area contributed by atoms with Crippen LogP contribution in [0, 0.1) is 0 Å². The minimum atomic E-state index is -0.364. The van der Waals surface area contributed by atoms with Gasteiger partial charge in [-0.25, -0.2) is 5.01 Å². The molecule has 0 radical (unpaired) electrons. The van der Waals surface area contributed by atoms with Crippen LogP contribution in [0.3, 0.4) is 0 Å². The fourth-order valence-corrected chi connectivity index (χ4v) is 3.72. The first-order valence-electron chi connectivity index (χ1n) is 10.1. The number of rotatable bonds is 8. The maximum Gasteiger partial charge on any atom is 0.319 e. The van der Waals surface area contributed by atoms with E-state index in [2.05, 4.69) is 13.5 Å². The number of methoxy groups -OCH3 is 2. The molecule has 0 spiro atoms. The highest BCUT2D eigenvalue weighted by Crippen LogP contribution is 2.28. The number of thioether (sulfide) groups is 1. The van der Waals surface area contributed by atoms with Gasteiger partial charge in [-0.15, -0.1) is 0 Å². The molecule has 0 amide bonds. The van der Waals surface area contributed by atoms with E-state index in [4.69, 9.17) is 24.3 Å². The summed E-state index contributed by atoms with van der Waals surface area (Å²) in [4.78, 5) is 16.8. The van der Waals surface area contributed by atoms with Crippen LogP contribution in [-0.2, 0) is 19.0 Å². The van der Waals surface area contributed by atoms with E-state index in [1.807, 2.05) is 31.2 Å². The number of ether oxygens (including phenoxy) is 3. The topological polar surface area (TPSA) is 72.7 Å². The minimum absolute atomic E-state index is 0.183. The molecule has 2 rings (SSSR count). The molecule has 1 aliphatic carbocycles. The smallest absolute Gasteiger partial charge is 0.319 e. The molecule has 0 bridgehead atoms. The lowest BCUT2D eigenvalue weighted by atomic mass is 9.99. The Hall–Kier alpha value is -2.32. The van der Waals surface area contributed by atoms with Crippen molar-refractivity contribution in [1.82, 2.24) is 5.01 Å². The summed E-state index contributed by atoms with van der Waals surface area (Å²) in [6.45, 7) is 10.8. The van der Waals surface area contributed by atoms with E-state index >= 15 is 0 Å². The molecule has 0 aromatic carbocycles. The van der Waals surface area contributed by atoms with Crippen molar-refractivity contribution in [1.29, 1.82) is 0 Å². The molecule has 0 fully saturated rings. The number of hydrogen-bond donors (Lipinski definition) is 0. The molecule has 30 heavy (non-hydrogen) atoms. The number of hydrogen-bond acceptors (Lipinski definition) is 7. The van der Waals surface area contributed by atoms with Crippen LogP contribution < -0.4 is 0 Å². The molecular formula is C22H31N3O4S. The Labute approximate surface area is 183 Å². The molecule has 2 atom stereocenters. The molecule has 0 aromatic heterocycles. The zero-order valence-electron chi connectivity index (χ0n) is 18.4. The summed E-state index contributed by atoms with van der Waals surface area (Å²) in [5.74, 6) is 1.24. The summed E-state index contributed by atoms with van der Waals surface area (Å²) in [5.41, 5.74) is 1.69. The SMILES string of the molecule is C=C1C=CC(SC(C)C(=O)OCC)=NN1C(=NCCC)C1=CC=C(OC)C(OC)C1. The van der Waals surface area contributed by atoms with Crippen LogP contribution >= 0.6 is 11.8 Å². The van der Waals surface area contributed by atoms with Crippen LogP contribution in [0.15, 0.2) is 58.0 Å². The van der Waals surface area contributed by atoms with Crippen molar-refractivity contribution >= 4 is 28.6 Å². The van der Waals surface area contributed by atoms with Crippen molar-refractivity contribution < 1.29 is 19.0 Å². The molecular weight excluding hydrogens is 402 g/mol. The predicted molar refractivity (Wildman–Crippen MR) is 122 cm³/mol. The monoisotopic (exact) mass is 433 g/mol. The summed E-state index contributed by atoms with van der Waals surface area (Å²) in [6, 6.07) is 0. The number of allylic oxidation sites excluding steroid dienone is 3. The van der Waals surface area contributed by atoms with Gasteiger partial charge in [-0.1, -0.05) is 31.3 Å². The molecule has 1 aliphatic heterocycles. The molecule has 0 aromatic rings.